The summed E-state index contributed by atoms with van der Waals surface area (Å²) in [5.41, 5.74) is 17.0. The zero-order valence-electron chi connectivity index (χ0n) is 47.0. The van der Waals surface area contributed by atoms with E-state index in [1.54, 1.807) is 13.8 Å². The first kappa shape index (κ1) is 62.6. The first-order valence-corrected chi connectivity index (χ1v) is 26.8. The number of allylic oxidation sites excluding steroid dienone is 24. The summed E-state index contributed by atoms with van der Waals surface area (Å²) in [5, 5.41) is 0. The van der Waals surface area contributed by atoms with Crippen molar-refractivity contribution < 1.29 is 19.1 Å². The van der Waals surface area contributed by atoms with Crippen molar-refractivity contribution in [3.05, 3.63) is 151 Å². The highest BCUT2D eigenvalue weighted by Gasteiger charge is 2.34. The van der Waals surface area contributed by atoms with Gasteiger partial charge in [0.05, 0.1) is 13.7 Å². The number of hydrogen-bond acceptors (Lipinski definition) is 4. The number of methoxy groups -OCH3 is 1. The Bertz CT molecular complexity index is 2030. The van der Waals surface area contributed by atoms with Crippen LogP contribution in [0.2, 0.25) is 0 Å². The minimum atomic E-state index is -0.266. The lowest BCUT2D eigenvalue weighted by atomic mass is 9.90. The third kappa shape index (κ3) is 30.0. The molecule has 0 saturated carbocycles. The molecule has 0 heterocycles. The number of ether oxygens (including phenoxy) is 2. The summed E-state index contributed by atoms with van der Waals surface area (Å²) in [5.74, 6) is -0.491. The average Bonchev–Trinajstić information content (AvgIpc) is 3.28. The van der Waals surface area contributed by atoms with Crippen molar-refractivity contribution in [2.24, 2.45) is 0 Å². The zero-order valence-corrected chi connectivity index (χ0v) is 47.0. The number of carbonyl (C=O) groups is 2. The van der Waals surface area contributed by atoms with E-state index in [-0.39, 0.29) is 23.1 Å². The second kappa shape index (κ2) is 37.4. The molecule has 1 aliphatic rings. The molecule has 0 unspecified atom stereocenters. The van der Waals surface area contributed by atoms with Gasteiger partial charge in [-0.25, -0.2) is 0 Å². The normalized spacial score (nSPS) is 15.8. The van der Waals surface area contributed by atoms with Gasteiger partial charge in [-0.3, -0.25) is 9.59 Å². The molecule has 384 valence electrons. The Labute approximate surface area is 425 Å². The van der Waals surface area contributed by atoms with Gasteiger partial charge in [0, 0.05) is 11.1 Å². The Kier molecular flexibility index (Phi) is 33.9. The van der Waals surface area contributed by atoms with Crippen LogP contribution >= 0.6 is 0 Å². The molecule has 69 heavy (non-hydrogen) atoms. The van der Waals surface area contributed by atoms with E-state index in [9.17, 15) is 9.59 Å². The van der Waals surface area contributed by atoms with E-state index in [0.717, 1.165) is 109 Å². The molecule has 0 N–H and O–H groups in total. The van der Waals surface area contributed by atoms with Crippen LogP contribution in [0.4, 0.5) is 0 Å². The maximum absolute atomic E-state index is 13.0. The SMILES string of the molecule is CCOC1=C(OC)C(=O)C(C/C=C(\C)CC/C=C(\C)CC/C=C(\C)CC/C=C(/C)CC/C=C(\C)CC/C=C(/C)CC/C=C(/C)CC/C=C(\C)CC/C=C(\C)CC/C=C(\C)CCC=C(C)C)=C(C)C1=O. The van der Waals surface area contributed by atoms with E-state index in [2.05, 4.69) is 150 Å². The van der Waals surface area contributed by atoms with Gasteiger partial charge < -0.3 is 9.47 Å². The molecule has 0 aromatic rings. The van der Waals surface area contributed by atoms with Gasteiger partial charge in [-0.15, -0.1) is 0 Å². The van der Waals surface area contributed by atoms with Crippen LogP contribution < -0.4 is 0 Å². The minimum absolute atomic E-state index is 0.0111. The molecule has 4 nitrogen and oxygen atoms in total. The molecular formula is C65H100O4. The smallest absolute Gasteiger partial charge is 0.228 e. The third-order valence-electron chi connectivity index (χ3n) is 13.2. The molecule has 0 atom stereocenters. The third-order valence-corrected chi connectivity index (χ3v) is 13.2. The van der Waals surface area contributed by atoms with Crippen molar-refractivity contribution in [1.82, 2.24) is 0 Å². The second-order valence-corrected chi connectivity index (χ2v) is 20.4. The van der Waals surface area contributed by atoms with Gasteiger partial charge in [0.15, 0.2) is 0 Å². The number of rotatable bonds is 35. The number of carbonyl (C=O) groups excluding carboxylic acids is 2. The molecule has 0 fully saturated rings. The maximum atomic E-state index is 13.0. The molecule has 1 aliphatic carbocycles. The van der Waals surface area contributed by atoms with Crippen LogP contribution in [0.15, 0.2) is 151 Å². The van der Waals surface area contributed by atoms with Gasteiger partial charge in [-0.2, -0.15) is 0 Å². The van der Waals surface area contributed by atoms with Crippen molar-refractivity contribution >= 4 is 11.6 Å². The molecule has 0 radical (unpaired) electrons. The summed E-state index contributed by atoms with van der Waals surface area (Å²) in [6.45, 7) is 30.8. The molecule has 0 saturated heterocycles. The van der Waals surface area contributed by atoms with Gasteiger partial charge in [0.1, 0.15) is 0 Å². The summed E-state index contributed by atoms with van der Waals surface area (Å²) < 4.78 is 10.7. The van der Waals surface area contributed by atoms with Crippen molar-refractivity contribution in [2.45, 2.75) is 232 Å². The van der Waals surface area contributed by atoms with E-state index in [0.29, 0.717) is 24.2 Å². The van der Waals surface area contributed by atoms with Crippen molar-refractivity contribution in [2.75, 3.05) is 13.7 Å². The summed E-state index contributed by atoms with van der Waals surface area (Å²) in [6.07, 6.45) is 49.1. The molecular weight excluding hydrogens is 845 g/mol. The Balaban J connectivity index is 2.30. The van der Waals surface area contributed by atoms with Crippen LogP contribution in [0.1, 0.15) is 232 Å². The topological polar surface area (TPSA) is 52.6 Å². The van der Waals surface area contributed by atoms with E-state index in [1.807, 2.05) is 0 Å². The summed E-state index contributed by atoms with van der Waals surface area (Å²) in [4.78, 5) is 25.8. The Morgan fingerprint density at radius 3 is 0.841 bits per heavy atom. The monoisotopic (exact) mass is 945 g/mol. The average molecular weight is 946 g/mol. The minimum Gasteiger partial charge on any atom is -0.489 e. The first-order valence-electron chi connectivity index (χ1n) is 26.8. The lowest BCUT2D eigenvalue weighted by Gasteiger charge is -2.20. The fourth-order valence-corrected chi connectivity index (χ4v) is 8.33. The van der Waals surface area contributed by atoms with Crippen LogP contribution in [0.25, 0.3) is 0 Å². The number of hydrogen-bond donors (Lipinski definition) is 0. The Hall–Kier alpha value is -4.44. The van der Waals surface area contributed by atoms with E-state index < -0.39 is 0 Å². The van der Waals surface area contributed by atoms with Gasteiger partial charge >= 0.3 is 0 Å². The van der Waals surface area contributed by atoms with Crippen LogP contribution in [0.5, 0.6) is 0 Å². The standard InChI is InChI=1S/C65H100O4/c1-16-69-65-62(66)60(14)61(63(67)64(65)68-15)48-47-59(13)46-26-45-58(12)44-25-43-57(11)42-24-41-56(10)40-23-39-55(9)38-22-37-54(8)36-21-35-53(7)34-20-33-52(6)32-19-31-51(5)30-18-29-50(4)28-17-27-49(2)3/h27,29,31,33,35,37,39,41,43,45,47H,16-26,28,30,32,34,36,38,40,42,44,46,48H2,1-15H3/b50-29+,51-31+,52-33+,53-35-,54-37-,55-39+,56-41-,57-43+,58-45+,59-47+. The molecule has 0 bridgehead atoms. The molecule has 0 aromatic heterocycles. The Morgan fingerprint density at radius 1 is 0.362 bits per heavy atom. The molecule has 1 rings (SSSR count). The predicted octanol–water partition coefficient (Wildman–Crippen LogP) is 20.0. The lowest BCUT2D eigenvalue weighted by Crippen LogP contribution is -2.25. The number of Topliss-reactive ketones (excluding diaryl/α,β-unsaturated/α-hetero) is 2. The summed E-state index contributed by atoms with van der Waals surface area (Å²) >= 11 is 0. The first-order chi connectivity index (χ1) is 32.9. The fraction of sp³-hybridized carbons (Fsp3) is 0.569. The summed E-state index contributed by atoms with van der Waals surface area (Å²) in [7, 11) is 1.41. The zero-order chi connectivity index (χ0) is 51.6. The van der Waals surface area contributed by atoms with Crippen molar-refractivity contribution in [1.29, 1.82) is 0 Å². The number of ketones is 2. The second-order valence-electron chi connectivity index (χ2n) is 20.4. The van der Waals surface area contributed by atoms with Gasteiger partial charge in [0.25, 0.3) is 0 Å². The molecule has 0 spiro atoms. The lowest BCUT2D eigenvalue weighted by molar-refractivity contribution is -0.121. The van der Waals surface area contributed by atoms with E-state index in [1.165, 1.54) is 87.7 Å². The molecule has 0 aromatic carbocycles. The van der Waals surface area contributed by atoms with Gasteiger partial charge in [0.2, 0.25) is 23.1 Å². The molecule has 0 aliphatic heterocycles. The van der Waals surface area contributed by atoms with Gasteiger partial charge in [-0.05, 0) is 232 Å². The molecule has 0 amide bonds. The summed E-state index contributed by atoms with van der Waals surface area (Å²) in [6, 6.07) is 0. The molecule has 4 heteroatoms. The van der Waals surface area contributed by atoms with E-state index >= 15 is 0 Å². The van der Waals surface area contributed by atoms with Crippen LogP contribution in [0.3, 0.4) is 0 Å². The van der Waals surface area contributed by atoms with Gasteiger partial charge in [-0.1, -0.05) is 128 Å². The quantitative estimate of drug-likeness (QED) is 0.0469. The van der Waals surface area contributed by atoms with E-state index in [4.69, 9.17) is 9.47 Å². The Morgan fingerprint density at radius 2 is 0.609 bits per heavy atom. The highest BCUT2D eigenvalue weighted by Crippen LogP contribution is 2.29. The van der Waals surface area contributed by atoms with Crippen LogP contribution in [0, 0.1) is 0 Å². The largest absolute Gasteiger partial charge is 0.489 e. The highest BCUT2D eigenvalue weighted by atomic mass is 16.5. The fourth-order valence-electron chi connectivity index (χ4n) is 8.33. The van der Waals surface area contributed by atoms with Crippen LogP contribution in [-0.4, -0.2) is 25.3 Å². The maximum Gasteiger partial charge on any atom is 0.228 e. The highest BCUT2D eigenvalue weighted by molar-refractivity contribution is 6.23. The van der Waals surface area contributed by atoms with Crippen LogP contribution in [-0.2, 0) is 19.1 Å². The van der Waals surface area contributed by atoms with Crippen molar-refractivity contribution in [3.8, 4) is 0 Å². The predicted molar refractivity (Wildman–Crippen MR) is 302 cm³/mol. The van der Waals surface area contributed by atoms with Crippen molar-refractivity contribution in [3.63, 3.8) is 0 Å².